The third-order valence-corrected chi connectivity index (χ3v) is 6.34. The second-order valence-electron chi connectivity index (χ2n) is 11.8. The Labute approximate surface area is 199 Å². The van der Waals surface area contributed by atoms with E-state index in [1.165, 1.54) is 49.7 Å². The molecule has 4 aromatic rings. The van der Waals surface area contributed by atoms with Crippen molar-refractivity contribution in [1.29, 1.82) is 0 Å². The van der Waals surface area contributed by atoms with E-state index in [4.69, 9.17) is 4.98 Å². The topological polar surface area (TPSA) is 12.9 Å². The molecule has 0 aliphatic heterocycles. The van der Waals surface area contributed by atoms with Crippen molar-refractivity contribution in [3.63, 3.8) is 0 Å². The van der Waals surface area contributed by atoms with E-state index in [0.717, 1.165) is 12.1 Å². The van der Waals surface area contributed by atoms with E-state index in [1.807, 2.05) is 6.20 Å². The van der Waals surface area contributed by atoms with Crippen LogP contribution in [0.25, 0.3) is 33.2 Å². The molecule has 1 heterocycles. The van der Waals surface area contributed by atoms with E-state index in [0.29, 0.717) is 0 Å². The predicted octanol–water partition coefficient (Wildman–Crippen LogP) is 9.07. The van der Waals surface area contributed by atoms with E-state index in [9.17, 15) is 0 Å². The number of rotatable bonds is 3. The molecule has 0 aliphatic carbocycles. The summed E-state index contributed by atoms with van der Waals surface area (Å²) in [7, 11) is 0. The SMILES string of the molecule is Cc1cc(CC(C)(C)C)cc(C)c1-c1ccnc(-c2cc(C(C)(C)C)c3ccccc3c2)c1. The average molecular weight is 436 g/mol. The first-order valence-electron chi connectivity index (χ1n) is 12.0. The number of aryl methyl sites for hydroxylation is 2. The summed E-state index contributed by atoms with van der Waals surface area (Å²) < 4.78 is 0. The second kappa shape index (κ2) is 8.45. The lowest BCUT2D eigenvalue weighted by Gasteiger charge is -2.23. The van der Waals surface area contributed by atoms with Crippen molar-refractivity contribution >= 4 is 10.8 Å². The van der Waals surface area contributed by atoms with E-state index >= 15 is 0 Å². The maximum absolute atomic E-state index is 4.79. The number of hydrogen-bond acceptors (Lipinski definition) is 1. The Kier molecular flexibility index (Phi) is 5.95. The molecule has 170 valence electrons. The minimum atomic E-state index is 0.0588. The van der Waals surface area contributed by atoms with Gasteiger partial charge in [-0.25, -0.2) is 0 Å². The molecule has 0 spiro atoms. The van der Waals surface area contributed by atoms with Crippen LogP contribution in [0.15, 0.2) is 66.9 Å². The van der Waals surface area contributed by atoms with E-state index < -0.39 is 0 Å². The molecule has 3 aromatic carbocycles. The maximum Gasteiger partial charge on any atom is 0.0708 e. The van der Waals surface area contributed by atoms with Gasteiger partial charge in [0.2, 0.25) is 0 Å². The van der Waals surface area contributed by atoms with Crippen LogP contribution in [-0.2, 0) is 11.8 Å². The van der Waals surface area contributed by atoms with Gasteiger partial charge in [0, 0.05) is 11.8 Å². The normalized spacial score (nSPS) is 12.4. The van der Waals surface area contributed by atoms with E-state index in [2.05, 4.69) is 116 Å². The molecule has 0 unspecified atom stereocenters. The van der Waals surface area contributed by atoms with Gasteiger partial charge in [-0.1, -0.05) is 77.9 Å². The summed E-state index contributed by atoms with van der Waals surface area (Å²) in [6.07, 6.45) is 3.04. The summed E-state index contributed by atoms with van der Waals surface area (Å²) in [5.41, 5.74) is 10.6. The van der Waals surface area contributed by atoms with Gasteiger partial charge in [-0.05, 0) is 99.5 Å². The Morgan fingerprint density at radius 1 is 0.727 bits per heavy atom. The third kappa shape index (κ3) is 5.03. The number of nitrogens with zero attached hydrogens (tertiary/aromatic N) is 1. The lowest BCUT2D eigenvalue weighted by molar-refractivity contribution is 0.411. The molecule has 1 nitrogen and oxygen atoms in total. The van der Waals surface area contributed by atoms with Crippen LogP contribution in [0.5, 0.6) is 0 Å². The van der Waals surface area contributed by atoms with Crippen molar-refractivity contribution in [1.82, 2.24) is 4.98 Å². The highest BCUT2D eigenvalue weighted by Crippen LogP contribution is 2.36. The van der Waals surface area contributed by atoms with Gasteiger partial charge in [-0.2, -0.15) is 0 Å². The van der Waals surface area contributed by atoms with Crippen molar-refractivity contribution in [2.45, 2.75) is 67.2 Å². The number of benzene rings is 3. The molecule has 0 aliphatic rings. The van der Waals surface area contributed by atoms with Crippen LogP contribution >= 0.6 is 0 Å². The zero-order valence-electron chi connectivity index (χ0n) is 21.5. The maximum atomic E-state index is 4.79. The van der Waals surface area contributed by atoms with E-state index in [1.54, 1.807) is 0 Å². The minimum Gasteiger partial charge on any atom is -0.256 e. The van der Waals surface area contributed by atoms with Crippen molar-refractivity contribution in [3.05, 3.63) is 89.1 Å². The number of hydrogen-bond donors (Lipinski definition) is 0. The molecule has 0 fully saturated rings. The number of aromatic nitrogens is 1. The average Bonchev–Trinajstić information content (AvgIpc) is 2.70. The third-order valence-electron chi connectivity index (χ3n) is 6.34. The standard InChI is InChI=1S/C32H37N/c1-21-15-23(20-31(3,4)5)16-22(2)30(21)25-13-14-33-29(19-25)26-17-24-11-9-10-12-27(24)28(18-26)32(6,7)8/h9-19H,20H2,1-8H3. The zero-order valence-corrected chi connectivity index (χ0v) is 21.5. The lowest BCUT2D eigenvalue weighted by Crippen LogP contribution is -2.12. The molecule has 4 rings (SSSR count). The van der Waals surface area contributed by atoms with Gasteiger partial charge in [0.25, 0.3) is 0 Å². The molecular weight excluding hydrogens is 398 g/mol. The Hall–Kier alpha value is -2.93. The fraction of sp³-hybridized carbons (Fsp3) is 0.344. The molecule has 0 radical (unpaired) electrons. The second-order valence-corrected chi connectivity index (χ2v) is 11.8. The Morgan fingerprint density at radius 3 is 2.03 bits per heavy atom. The van der Waals surface area contributed by atoms with Gasteiger partial charge < -0.3 is 0 Å². The minimum absolute atomic E-state index is 0.0588. The highest BCUT2D eigenvalue weighted by atomic mass is 14.7. The molecule has 0 saturated carbocycles. The van der Waals surface area contributed by atoms with Gasteiger partial charge in [0.15, 0.2) is 0 Å². The Bertz CT molecular complexity index is 1290. The van der Waals surface area contributed by atoms with Crippen LogP contribution in [0.3, 0.4) is 0 Å². The molecule has 0 saturated heterocycles. The first-order valence-corrected chi connectivity index (χ1v) is 12.0. The summed E-state index contributed by atoms with van der Waals surface area (Å²) in [6, 6.07) is 22.4. The van der Waals surface area contributed by atoms with Crippen molar-refractivity contribution < 1.29 is 0 Å². The molecule has 1 heteroatoms. The monoisotopic (exact) mass is 435 g/mol. The van der Waals surface area contributed by atoms with Crippen LogP contribution < -0.4 is 0 Å². The fourth-order valence-electron chi connectivity index (χ4n) is 5.05. The lowest BCUT2D eigenvalue weighted by atomic mass is 9.82. The summed E-state index contributed by atoms with van der Waals surface area (Å²) in [4.78, 5) is 4.79. The van der Waals surface area contributed by atoms with Crippen molar-refractivity contribution in [2.24, 2.45) is 5.41 Å². The molecule has 0 bridgehead atoms. The molecule has 0 amide bonds. The van der Waals surface area contributed by atoms with E-state index in [-0.39, 0.29) is 10.8 Å². The van der Waals surface area contributed by atoms with Gasteiger partial charge in [0.1, 0.15) is 0 Å². The molecular formula is C32H37N. The Morgan fingerprint density at radius 2 is 1.39 bits per heavy atom. The summed E-state index contributed by atoms with van der Waals surface area (Å²) >= 11 is 0. The van der Waals surface area contributed by atoms with Crippen LogP contribution in [-0.4, -0.2) is 4.98 Å². The van der Waals surface area contributed by atoms with Crippen LogP contribution in [0, 0.1) is 19.3 Å². The number of pyridine rings is 1. The van der Waals surface area contributed by atoms with Crippen LogP contribution in [0.1, 0.15) is 63.8 Å². The highest BCUT2D eigenvalue weighted by Gasteiger charge is 2.19. The largest absolute Gasteiger partial charge is 0.256 e. The highest BCUT2D eigenvalue weighted by molar-refractivity contribution is 5.91. The molecule has 0 atom stereocenters. The molecule has 33 heavy (non-hydrogen) atoms. The smallest absolute Gasteiger partial charge is 0.0708 e. The van der Waals surface area contributed by atoms with Gasteiger partial charge in [0.05, 0.1) is 5.69 Å². The predicted molar refractivity (Wildman–Crippen MR) is 144 cm³/mol. The quantitative estimate of drug-likeness (QED) is 0.313. The number of fused-ring (bicyclic) bond motifs is 1. The van der Waals surface area contributed by atoms with Gasteiger partial charge >= 0.3 is 0 Å². The first kappa shape index (κ1) is 23.2. The van der Waals surface area contributed by atoms with Crippen molar-refractivity contribution in [2.75, 3.05) is 0 Å². The summed E-state index contributed by atoms with van der Waals surface area (Å²) in [6.45, 7) is 18.2. The van der Waals surface area contributed by atoms with Crippen LogP contribution in [0.4, 0.5) is 0 Å². The summed E-state index contributed by atoms with van der Waals surface area (Å²) in [5.74, 6) is 0. The van der Waals surface area contributed by atoms with Crippen molar-refractivity contribution in [3.8, 4) is 22.4 Å². The van der Waals surface area contributed by atoms with Crippen LogP contribution in [0.2, 0.25) is 0 Å². The first-order chi connectivity index (χ1) is 15.4. The van der Waals surface area contributed by atoms with Gasteiger partial charge in [-0.15, -0.1) is 0 Å². The summed E-state index contributed by atoms with van der Waals surface area (Å²) in [5, 5.41) is 2.59. The Balaban J connectivity index is 1.82. The fourth-order valence-corrected chi connectivity index (χ4v) is 5.05. The molecule has 1 aromatic heterocycles. The van der Waals surface area contributed by atoms with Gasteiger partial charge in [-0.3, -0.25) is 4.98 Å². The molecule has 0 N–H and O–H groups in total. The zero-order chi connectivity index (χ0) is 24.0.